The van der Waals surface area contributed by atoms with Crippen LogP contribution < -0.4 is 4.74 Å². The van der Waals surface area contributed by atoms with Gasteiger partial charge in [0.05, 0.1) is 19.2 Å². The number of hydrogen-bond donors (Lipinski definition) is 1. The maximum atomic E-state index is 14.3. The number of aliphatic hydroxyl groups excluding tert-OH is 1. The van der Waals surface area contributed by atoms with E-state index in [4.69, 9.17) is 4.74 Å². The Hall–Kier alpha value is -3.60. The fourth-order valence-electron chi connectivity index (χ4n) is 4.36. The third kappa shape index (κ3) is 6.35. The molecule has 2 heterocycles. The summed E-state index contributed by atoms with van der Waals surface area (Å²) in [5, 5.41) is 9.86. The number of likely N-dealkylation sites (N-methyl/N-ethyl adjacent to an activating group) is 1. The molecule has 3 atom stereocenters. The molecule has 0 spiro atoms. The van der Waals surface area contributed by atoms with Crippen molar-refractivity contribution in [1.82, 2.24) is 14.2 Å². The van der Waals surface area contributed by atoms with E-state index in [9.17, 15) is 22.7 Å². The second kappa shape index (κ2) is 12.1. The molecule has 1 N–H and O–H groups in total. The van der Waals surface area contributed by atoms with Crippen molar-refractivity contribution in [1.29, 1.82) is 0 Å². The molecule has 39 heavy (non-hydrogen) atoms. The van der Waals surface area contributed by atoms with Gasteiger partial charge in [-0.1, -0.05) is 61.5 Å². The van der Waals surface area contributed by atoms with Crippen LogP contribution in [-0.2, 0) is 10.0 Å². The quantitative estimate of drug-likeness (QED) is 0.454. The Morgan fingerprint density at radius 2 is 1.82 bits per heavy atom. The van der Waals surface area contributed by atoms with Gasteiger partial charge in [0.1, 0.15) is 22.4 Å². The summed E-state index contributed by atoms with van der Waals surface area (Å²) in [4.78, 5) is 19.1. The molecule has 206 valence electrons. The largest absolute Gasteiger partial charge is 0.472 e. The van der Waals surface area contributed by atoms with Gasteiger partial charge in [-0.15, -0.1) is 0 Å². The Labute approximate surface area is 228 Å². The highest BCUT2D eigenvalue weighted by Gasteiger charge is 2.36. The second-order valence-electron chi connectivity index (χ2n) is 9.70. The van der Waals surface area contributed by atoms with Crippen LogP contribution >= 0.6 is 0 Å². The maximum absolute atomic E-state index is 14.3. The van der Waals surface area contributed by atoms with Gasteiger partial charge in [-0.3, -0.25) is 4.79 Å². The van der Waals surface area contributed by atoms with Gasteiger partial charge < -0.3 is 14.7 Å². The minimum absolute atomic E-state index is 0.0697. The molecule has 0 radical (unpaired) electrons. The number of carbonyl (C=O) groups excluding carboxylic acids is 1. The lowest BCUT2D eigenvalue weighted by molar-refractivity contribution is 0.0373. The summed E-state index contributed by atoms with van der Waals surface area (Å²) in [6.45, 7) is 3.43. The van der Waals surface area contributed by atoms with Crippen molar-refractivity contribution in [3.05, 3.63) is 89.4 Å². The van der Waals surface area contributed by atoms with Crippen LogP contribution in [0.15, 0.2) is 71.8 Å². The number of nitrogens with zero attached hydrogens (tertiary/aromatic N) is 3. The summed E-state index contributed by atoms with van der Waals surface area (Å²) in [7, 11) is -2.79. The molecular weight excluding hydrogens is 521 g/mol. The summed E-state index contributed by atoms with van der Waals surface area (Å²) < 4.78 is 47.9. The van der Waals surface area contributed by atoms with E-state index in [-0.39, 0.29) is 43.0 Å². The molecule has 8 nitrogen and oxygen atoms in total. The lowest BCUT2D eigenvalue weighted by atomic mass is 10.00. The van der Waals surface area contributed by atoms with Gasteiger partial charge in [0.15, 0.2) is 0 Å². The molecule has 0 saturated carbocycles. The zero-order valence-electron chi connectivity index (χ0n) is 22.1. The number of amides is 1. The summed E-state index contributed by atoms with van der Waals surface area (Å²) in [6.07, 6.45) is 4.60. The Kier molecular flexibility index (Phi) is 8.79. The number of hydrogen-bond acceptors (Lipinski definition) is 6. The van der Waals surface area contributed by atoms with Crippen LogP contribution in [0, 0.1) is 11.7 Å². The van der Waals surface area contributed by atoms with Crippen molar-refractivity contribution in [3.63, 3.8) is 0 Å². The van der Waals surface area contributed by atoms with E-state index in [2.05, 4.69) is 4.98 Å². The van der Waals surface area contributed by atoms with Crippen LogP contribution in [0.5, 0.6) is 5.88 Å². The standard InChI is InChI=1S/C29H32FN3O5S/c1-20-17-33(21(2)19-34)29(35)24-15-23(14-13-22-9-5-4-6-10-22)16-31-28(24)38-26(20)18-32(3)39(36,37)27-12-8-7-11-25(27)30/h4-16,20-21,26,34H,17-19H2,1-3H3/b14-13+/t20-,21+,26+/m0/s1. The normalized spacial score (nSPS) is 18.9. The van der Waals surface area contributed by atoms with Gasteiger partial charge in [0, 0.05) is 25.7 Å². The number of ether oxygens (including phenoxy) is 1. The number of aliphatic hydroxyl groups is 1. The van der Waals surface area contributed by atoms with E-state index < -0.39 is 32.9 Å². The molecule has 2 aromatic carbocycles. The minimum Gasteiger partial charge on any atom is -0.472 e. The SMILES string of the molecule is C[C@H](CO)N1C[C@H](C)[C@@H](CN(C)S(=O)(=O)c2ccccc2F)Oc2ncc(/C=C/c3ccccc3)cc2C1=O. The van der Waals surface area contributed by atoms with Gasteiger partial charge in [-0.2, -0.15) is 4.31 Å². The van der Waals surface area contributed by atoms with E-state index in [1.165, 1.54) is 25.2 Å². The van der Waals surface area contributed by atoms with Gasteiger partial charge in [0.25, 0.3) is 5.91 Å². The molecule has 1 aliphatic heterocycles. The number of aromatic nitrogens is 1. The molecule has 3 aromatic rings. The van der Waals surface area contributed by atoms with Crippen molar-refractivity contribution < 1.29 is 27.4 Å². The number of pyridine rings is 1. The Morgan fingerprint density at radius 1 is 1.15 bits per heavy atom. The smallest absolute Gasteiger partial charge is 0.259 e. The van der Waals surface area contributed by atoms with Crippen LogP contribution in [0.2, 0.25) is 0 Å². The Bertz CT molecular complexity index is 1450. The van der Waals surface area contributed by atoms with Gasteiger partial charge >= 0.3 is 0 Å². The number of fused-ring (bicyclic) bond motifs is 1. The number of carbonyl (C=O) groups is 1. The van der Waals surface area contributed by atoms with Gasteiger partial charge in [-0.05, 0) is 36.2 Å². The van der Waals surface area contributed by atoms with E-state index >= 15 is 0 Å². The third-order valence-electron chi connectivity index (χ3n) is 6.77. The summed E-state index contributed by atoms with van der Waals surface area (Å²) >= 11 is 0. The van der Waals surface area contributed by atoms with Gasteiger partial charge in [0.2, 0.25) is 15.9 Å². The van der Waals surface area contributed by atoms with Crippen molar-refractivity contribution >= 4 is 28.1 Å². The summed E-state index contributed by atoms with van der Waals surface area (Å²) in [5.41, 5.74) is 1.87. The monoisotopic (exact) mass is 553 g/mol. The van der Waals surface area contributed by atoms with E-state index in [0.717, 1.165) is 15.9 Å². The van der Waals surface area contributed by atoms with Crippen LogP contribution in [0.1, 0.15) is 35.3 Å². The van der Waals surface area contributed by atoms with Crippen molar-refractivity contribution in [2.24, 2.45) is 5.92 Å². The number of rotatable bonds is 8. The number of sulfonamides is 1. The van der Waals surface area contributed by atoms with Crippen molar-refractivity contribution in [2.45, 2.75) is 30.9 Å². The summed E-state index contributed by atoms with van der Waals surface area (Å²) in [5.74, 6) is -1.45. The van der Waals surface area contributed by atoms with Crippen LogP contribution in [0.4, 0.5) is 4.39 Å². The molecule has 0 bridgehead atoms. The first-order chi connectivity index (χ1) is 18.6. The molecule has 0 aliphatic carbocycles. The molecular formula is C29H32FN3O5S. The van der Waals surface area contributed by atoms with Crippen LogP contribution in [-0.4, -0.2) is 72.5 Å². The highest BCUT2D eigenvalue weighted by molar-refractivity contribution is 7.89. The third-order valence-corrected chi connectivity index (χ3v) is 8.63. The van der Waals surface area contributed by atoms with Crippen molar-refractivity contribution in [3.8, 4) is 5.88 Å². The molecule has 1 aromatic heterocycles. The Balaban J connectivity index is 1.68. The second-order valence-corrected chi connectivity index (χ2v) is 11.7. The first kappa shape index (κ1) is 28.4. The summed E-state index contributed by atoms with van der Waals surface area (Å²) in [6, 6.07) is 16.1. The highest BCUT2D eigenvalue weighted by Crippen LogP contribution is 2.29. The van der Waals surface area contributed by atoms with E-state index in [1.54, 1.807) is 24.1 Å². The molecule has 4 rings (SSSR count). The zero-order chi connectivity index (χ0) is 28.2. The number of benzene rings is 2. The maximum Gasteiger partial charge on any atom is 0.259 e. The fourth-order valence-corrected chi connectivity index (χ4v) is 5.60. The predicted molar refractivity (Wildman–Crippen MR) is 147 cm³/mol. The lowest BCUT2D eigenvalue weighted by Gasteiger charge is -2.37. The van der Waals surface area contributed by atoms with Crippen LogP contribution in [0.25, 0.3) is 12.2 Å². The Morgan fingerprint density at radius 3 is 2.51 bits per heavy atom. The molecule has 0 unspecified atom stereocenters. The molecule has 0 fully saturated rings. The lowest BCUT2D eigenvalue weighted by Crippen LogP contribution is -2.50. The first-order valence-corrected chi connectivity index (χ1v) is 14.1. The predicted octanol–water partition coefficient (Wildman–Crippen LogP) is 3.93. The highest BCUT2D eigenvalue weighted by atomic mass is 32.2. The van der Waals surface area contributed by atoms with Crippen molar-refractivity contribution in [2.75, 3.05) is 26.7 Å². The van der Waals surface area contributed by atoms with E-state index in [1.807, 2.05) is 49.4 Å². The molecule has 1 amide bonds. The zero-order valence-corrected chi connectivity index (χ0v) is 22.9. The minimum atomic E-state index is -4.15. The number of halogens is 1. The molecule has 0 saturated heterocycles. The molecule has 10 heteroatoms. The van der Waals surface area contributed by atoms with E-state index in [0.29, 0.717) is 5.56 Å². The fraction of sp³-hybridized carbons (Fsp3) is 0.310. The average molecular weight is 554 g/mol. The average Bonchev–Trinajstić information content (AvgIpc) is 2.94. The topological polar surface area (TPSA) is 100 Å². The first-order valence-electron chi connectivity index (χ1n) is 12.6. The van der Waals surface area contributed by atoms with Gasteiger partial charge in [-0.25, -0.2) is 17.8 Å². The molecule has 1 aliphatic rings. The van der Waals surface area contributed by atoms with Crippen LogP contribution in [0.3, 0.4) is 0 Å².